The molecule has 92 valence electrons. The van der Waals surface area contributed by atoms with Crippen molar-refractivity contribution < 1.29 is 4.79 Å². The lowest BCUT2D eigenvalue weighted by molar-refractivity contribution is 0.0964. The molecule has 0 amide bonds. The van der Waals surface area contributed by atoms with Crippen LogP contribution >= 0.6 is 15.9 Å². The Bertz CT molecular complexity index is 566. The largest absolute Gasteiger partial charge is 0.293 e. The number of benzene rings is 1. The standard InChI is InChI=1S/C15H14BrNO/c1-10-12(6-5-7-13(10)16)15(18)11(2)14-8-3-4-9-17-14/h3-9,11H,1-2H3. The second-order valence-corrected chi connectivity index (χ2v) is 5.11. The van der Waals surface area contributed by atoms with Gasteiger partial charge in [-0.3, -0.25) is 9.78 Å². The predicted molar refractivity (Wildman–Crippen MR) is 75.9 cm³/mol. The maximum Gasteiger partial charge on any atom is 0.171 e. The van der Waals surface area contributed by atoms with Crippen LogP contribution in [0.5, 0.6) is 0 Å². The molecular weight excluding hydrogens is 290 g/mol. The smallest absolute Gasteiger partial charge is 0.171 e. The van der Waals surface area contributed by atoms with Gasteiger partial charge >= 0.3 is 0 Å². The molecule has 1 aromatic heterocycles. The normalized spacial score (nSPS) is 12.2. The Balaban J connectivity index is 2.35. The molecule has 2 nitrogen and oxygen atoms in total. The molecule has 0 N–H and O–H groups in total. The van der Waals surface area contributed by atoms with E-state index < -0.39 is 0 Å². The summed E-state index contributed by atoms with van der Waals surface area (Å²) in [4.78, 5) is 16.7. The average Bonchev–Trinajstić information content (AvgIpc) is 2.41. The Morgan fingerprint density at radius 1 is 1.22 bits per heavy atom. The molecule has 0 spiro atoms. The molecule has 1 aromatic carbocycles. The second-order valence-electron chi connectivity index (χ2n) is 4.25. The van der Waals surface area contributed by atoms with Gasteiger partial charge < -0.3 is 0 Å². The highest BCUT2D eigenvalue weighted by Gasteiger charge is 2.20. The molecular formula is C15H14BrNO. The van der Waals surface area contributed by atoms with E-state index in [-0.39, 0.29) is 11.7 Å². The average molecular weight is 304 g/mol. The third-order valence-corrected chi connectivity index (χ3v) is 3.92. The Hall–Kier alpha value is -1.48. The molecule has 2 rings (SSSR count). The van der Waals surface area contributed by atoms with Gasteiger partial charge in [0.1, 0.15) is 0 Å². The Morgan fingerprint density at radius 3 is 2.67 bits per heavy atom. The number of hydrogen-bond acceptors (Lipinski definition) is 2. The number of halogens is 1. The quantitative estimate of drug-likeness (QED) is 0.798. The van der Waals surface area contributed by atoms with Crippen molar-refractivity contribution >= 4 is 21.7 Å². The molecule has 0 bridgehead atoms. The number of carbonyl (C=O) groups excluding carboxylic acids is 1. The zero-order valence-corrected chi connectivity index (χ0v) is 11.9. The fourth-order valence-electron chi connectivity index (χ4n) is 1.87. The van der Waals surface area contributed by atoms with Gasteiger partial charge in [0.15, 0.2) is 5.78 Å². The SMILES string of the molecule is Cc1c(Br)cccc1C(=O)C(C)c1ccccn1. The Morgan fingerprint density at radius 2 is 2.00 bits per heavy atom. The van der Waals surface area contributed by atoms with Gasteiger partial charge in [-0.2, -0.15) is 0 Å². The summed E-state index contributed by atoms with van der Waals surface area (Å²) in [5.41, 5.74) is 2.54. The van der Waals surface area contributed by atoms with E-state index in [4.69, 9.17) is 0 Å². The van der Waals surface area contributed by atoms with Crippen LogP contribution in [0, 0.1) is 6.92 Å². The van der Waals surface area contributed by atoms with Gasteiger partial charge in [0.2, 0.25) is 0 Å². The lowest BCUT2D eigenvalue weighted by atomic mass is 9.93. The van der Waals surface area contributed by atoms with Crippen molar-refractivity contribution in [1.29, 1.82) is 0 Å². The van der Waals surface area contributed by atoms with E-state index in [1.165, 1.54) is 0 Å². The Labute approximate surface area is 115 Å². The molecule has 0 radical (unpaired) electrons. The number of nitrogens with zero attached hydrogens (tertiary/aromatic N) is 1. The van der Waals surface area contributed by atoms with Crippen LogP contribution in [-0.2, 0) is 0 Å². The molecule has 0 aliphatic heterocycles. The van der Waals surface area contributed by atoms with Crippen molar-refractivity contribution in [2.45, 2.75) is 19.8 Å². The highest BCUT2D eigenvalue weighted by molar-refractivity contribution is 9.10. The van der Waals surface area contributed by atoms with Gasteiger partial charge in [-0.05, 0) is 37.6 Å². The molecule has 18 heavy (non-hydrogen) atoms. The summed E-state index contributed by atoms with van der Waals surface area (Å²) in [6.07, 6.45) is 1.72. The summed E-state index contributed by atoms with van der Waals surface area (Å²) < 4.78 is 0.960. The monoisotopic (exact) mass is 303 g/mol. The highest BCUT2D eigenvalue weighted by Crippen LogP contribution is 2.25. The maximum absolute atomic E-state index is 12.5. The highest BCUT2D eigenvalue weighted by atomic mass is 79.9. The fourth-order valence-corrected chi connectivity index (χ4v) is 2.24. The lowest BCUT2D eigenvalue weighted by Crippen LogP contribution is -2.12. The molecule has 1 heterocycles. The first-order chi connectivity index (χ1) is 8.61. The van der Waals surface area contributed by atoms with E-state index in [0.29, 0.717) is 0 Å². The molecule has 0 fully saturated rings. The van der Waals surface area contributed by atoms with Crippen LogP contribution < -0.4 is 0 Å². The summed E-state index contributed by atoms with van der Waals surface area (Å²) in [7, 11) is 0. The van der Waals surface area contributed by atoms with Crippen molar-refractivity contribution in [3.05, 3.63) is 63.9 Å². The number of ketones is 1. The number of pyridine rings is 1. The summed E-state index contributed by atoms with van der Waals surface area (Å²) in [5, 5.41) is 0. The van der Waals surface area contributed by atoms with Crippen LogP contribution in [0.3, 0.4) is 0 Å². The number of Topliss-reactive ketones (excluding diaryl/α,β-unsaturated/α-hetero) is 1. The van der Waals surface area contributed by atoms with Crippen LogP contribution in [0.15, 0.2) is 47.1 Å². The van der Waals surface area contributed by atoms with E-state index in [0.717, 1.165) is 21.3 Å². The van der Waals surface area contributed by atoms with Gasteiger partial charge in [-0.1, -0.05) is 34.1 Å². The molecule has 0 saturated heterocycles. The van der Waals surface area contributed by atoms with Gasteiger partial charge in [0.25, 0.3) is 0 Å². The molecule has 2 aromatic rings. The van der Waals surface area contributed by atoms with Crippen LogP contribution in [-0.4, -0.2) is 10.8 Å². The number of aromatic nitrogens is 1. The van der Waals surface area contributed by atoms with Crippen molar-refractivity contribution in [2.75, 3.05) is 0 Å². The Kier molecular flexibility index (Phi) is 3.92. The third kappa shape index (κ3) is 2.51. The lowest BCUT2D eigenvalue weighted by Gasteiger charge is -2.12. The van der Waals surface area contributed by atoms with Crippen LogP contribution in [0.25, 0.3) is 0 Å². The summed E-state index contributed by atoms with van der Waals surface area (Å²) >= 11 is 3.45. The van der Waals surface area contributed by atoms with Crippen molar-refractivity contribution in [2.24, 2.45) is 0 Å². The molecule has 1 unspecified atom stereocenters. The molecule has 3 heteroatoms. The molecule has 0 aliphatic rings. The third-order valence-electron chi connectivity index (χ3n) is 3.06. The first-order valence-electron chi connectivity index (χ1n) is 5.81. The van der Waals surface area contributed by atoms with E-state index >= 15 is 0 Å². The van der Waals surface area contributed by atoms with Crippen LogP contribution in [0.1, 0.15) is 34.5 Å². The fraction of sp³-hybridized carbons (Fsp3) is 0.200. The maximum atomic E-state index is 12.5. The zero-order chi connectivity index (χ0) is 13.1. The van der Waals surface area contributed by atoms with Crippen molar-refractivity contribution in [3.8, 4) is 0 Å². The minimum absolute atomic E-state index is 0.104. The van der Waals surface area contributed by atoms with Crippen LogP contribution in [0.2, 0.25) is 0 Å². The summed E-state index contributed by atoms with van der Waals surface area (Å²) in [6, 6.07) is 11.3. The molecule has 1 atom stereocenters. The van der Waals surface area contributed by atoms with Gasteiger partial charge in [-0.15, -0.1) is 0 Å². The van der Waals surface area contributed by atoms with Crippen molar-refractivity contribution in [1.82, 2.24) is 4.98 Å². The number of hydrogen-bond donors (Lipinski definition) is 0. The van der Waals surface area contributed by atoms with E-state index in [2.05, 4.69) is 20.9 Å². The van der Waals surface area contributed by atoms with Crippen LogP contribution in [0.4, 0.5) is 0 Å². The van der Waals surface area contributed by atoms with E-state index in [1.54, 1.807) is 6.20 Å². The summed E-state index contributed by atoms with van der Waals surface area (Å²) in [6.45, 7) is 3.84. The van der Waals surface area contributed by atoms with Gasteiger partial charge in [0, 0.05) is 16.2 Å². The summed E-state index contributed by atoms with van der Waals surface area (Å²) in [5.74, 6) is -0.119. The number of carbonyl (C=O) groups is 1. The first kappa shape index (κ1) is 13.0. The van der Waals surface area contributed by atoms with E-state index in [1.807, 2.05) is 50.2 Å². The topological polar surface area (TPSA) is 30.0 Å². The minimum atomic E-state index is -0.223. The van der Waals surface area contributed by atoms with Crippen molar-refractivity contribution in [3.63, 3.8) is 0 Å². The zero-order valence-electron chi connectivity index (χ0n) is 10.4. The van der Waals surface area contributed by atoms with E-state index in [9.17, 15) is 4.79 Å². The predicted octanol–water partition coefficient (Wildman–Crippen LogP) is 4.14. The van der Waals surface area contributed by atoms with Gasteiger partial charge in [-0.25, -0.2) is 0 Å². The molecule has 0 saturated carbocycles. The number of rotatable bonds is 3. The van der Waals surface area contributed by atoms with Gasteiger partial charge in [0.05, 0.1) is 11.6 Å². The second kappa shape index (κ2) is 5.44. The first-order valence-corrected chi connectivity index (χ1v) is 6.61. The minimum Gasteiger partial charge on any atom is -0.293 e. The molecule has 0 aliphatic carbocycles.